The molecule has 1 unspecified atom stereocenters. The molecule has 0 aliphatic carbocycles. The van der Waals surface area contributed by atoms with E-state index in [1.807, 2.05) is 18.2 Å². The second-order valence-electron chi connectivity index (χ2n) is 4.09. The second kappa shape index (κ2) is 6.20. The van der Waals surface area contributed by atoms with Gasteiger partial charge in [-0.1, -0.05) is 24.0 Å². The Morgan fingerprint density at radius 1 is 1.50 bits per heavy atom. The Hall–Kier alpha value is -1.83. The average molecular weight is 244 g/mol. The lowest BCUT2D eigenvalue weighted by molar-refractivity contribution is 0.0929. The van der Waals surface area contributed by atoms with Crippen LogP contribution in [0.2, 0.25) is 0 Å². The third kappa shape index (κ3) is 3.10. The zero-order chi connectivity index (χ0) is 12.8. The van der Waals surface area contributed by atoms with Crippen molar-refractivity contribution in [1.82, 2.24) is 5.32 Å². The van der Waals surface area contributed by atoms with Gasteiger partial charge in [0, 0.05) is 12.2 Å². The minimum Gasteiger partial charge on any atom is -0.379 e. The fourth-order valence-electron chi connectivity index (χ4n) is 1.85. The molecule has 2 rings (SSSR count). The van der Waals surface area contributed by atoms with E-state index in [0.717, 1.165) is 6.42 Å². The number of carbonyl (C=O) groups excluding carboxylic acids is 1. The predicted molar refractivity (Wildman–Crippen MR) is 69.1 cm³/mol. The Bertz CT molecular complexity index is 482. The highest BCUT2D eigenvalue weighted by molar-refractivity contribution is 5.96. The van der Waals surface area contributed by atoms with Crippen LogP contribution in [0.25, 0.3) is 0 Å². The number of hydrogen-bond donors (Lipinski definition) is 2. The fraction of sp³-hybridized carbons (Fsp3) is 0.357. The molecule has 0 spiro atoms. The highest BCUT2D eigenvalue weighted by Gasteiger charge is 2.19. The van der Waals surface area contributed by atoms with Crippen LogP contribution in [0.15, 0.2) is 24.3 Å². The molecule has 4 heteroatoms. The number of nitrogens with one attached hydrogen (secondary N) is 1. The van der Waals surface area contributed by atoms with Gasteiger partial charge in [-0.2, -0.15) is 0 Å². The largest absolute Gasteiger partial charge is 0.379 e. The Kier molecular flexibility index (Phi) is 4.35. The molecule has 1 atom stereocenters. The van der Waals surface area contributed by atoms with Crippen LogP contribution >= 0.6 is 0 Å². The molecule has 1 aliphatic rings. The third-order valence-electron chi connectivity index (χ3n) is 2.76. The molecular formula is C14H16N2O2. The van der Waals surface area contributed by atoms with E-state index in [0.29, 0.717) is 24.3 Å². The number of amides is 1. The van der Waals surface area contributed by atoms with E-state index in [4.69, 9.17) is 10.5 Å². The summed E-state index contributed by atoms with van der Waals surface area (Å²) < 4.78 is 5.23. The van der Waals surface area contributed by atoms with Crippen LogP contribution in [0.5, 0.6) is 0 Å². The van der Waals surface area contributed by atoms with Gasteiger partial charge in [0.25, 0.3) is 5.91 Å². The standard InChI is InChI=1S/C14H16N2O2/c15-8-3-5-11-4-1-2-6-13(11)14(17)16-12-7-9-18-10-12/h1-2,4,6,12H,7-10,15H2,(H,16,17). The molecule has 0 aromatic heterocycles. The van der Waals surface area contributed by atoms with Crippen molar-refractivity contribution in [3.63, 3.8) is 0 Å². The molecule has 3 N–H and O–H groups in total. The maximum atomic E-state index is 12.1. The van der Waals surface area contributed by atoms with Gasteiger partial charge in [0.05, 0.1) is 24.8 Å². The van der Waals surface area contributed by atoms with Crippen molar-refractivity contribution in [3.05, 3.63) is 35.4 Å². The maximum Gasteiger partial charge on any atom is 0.252 e. The number of hydrogen-bond acceptors (Lipinski definition) is 3. The lowest BCUT2D eigenvalue weighted by Crippen LogP contribution is -2.35. The van der Waals surface area contributed by atoms with Crippen LogP contribution < -0.4 is 11.1 Å². The average Bonchev–Trinajstić information content (AvgIpc) is 2.89. The molecule has 1 heterocycles. The quantitative estimate of drug-likeness (QED) is 0.745. The predicted octanol–water partition coefficient (Wildman–Crippen LogP) is 0.516. The Morgan fingerprint density at radius 2 is 2.33 bits per heavy atom. The first kappa shape index (κ1) is 12.6. The normalized spacial score (nSPS) is 17.9. The summed E-state index contributed by atoms with van der Waals surface area (Å²) in [5.41, 5.74) is 6.64. The molecule has 0 radical (unpaired) electrons. The van der Waals surface area contributed by atoms with Gasteiger partial charge in [-0.15, -0.1) is 0 Å². The van der Waals surface area contributed by atoms with E-state index in [1.54, 1.807) is 6.07 Å². The molecule has 0 bridgehead atoms. The number of nitrogens with two attached hydrogens (primary N) is 1. The van der Waals surface area contributed by atoms with E-state index in [9.17, 15) is 4.79 Å². The maximum absolute atomic E-state index is 12.1. The first-order valence-corrected chi connectivity index (χ1v) is 5.98. The number of benzene rings is 1. The third-order valence-corrected chi connectivity index (χ3v) is 2.76. The summed E-state index contributed by atoms with van der Waals surface area (Å²) in [5, 5.41) is 2.95. The van der Waals surface area contributed by atoms with Crippen molar-refractivity contribution < 1.29 is 9.53 Å². The minimum absolute atomic E-state index is 0.104. The zero-order valence-electron chi connectivity index (χ0n) is 10.1. The monoisotopic (exact) mass is 244 g/mol. The summed E-state index contributed by atoms with van der Waals surface area (Å²) >= 11 is 0. The zero-order valence-corrected chi connectivity index (χ0v) is 10.1. The van der Waals surface area contributed by atoms with Crippen molar-refractivity contribution >= 4 is 5.91 Å². The first-order valence-electron chi connectivity index (χ1n) is 5.98. The van der Waals surface area contributed by atoms with E-state index < -0.39 is 0 Å². The number of rotatable bonds is 2. The Labute approximate surface area is 107 Å². The molecule has 1 saturated heterocycles. The SMILES string of the molecule is NCC#Cc1ccccc1C(=O)NC1CCOC1. The van der Waals surface area contributed by atoms with Crippen LogP contribution in [0.4, 0.5) is 0 Å². The molecule has 1 aromatic carbocycles. The highest BCUT2D eigenvalue weighted by atomic mass is 16.5. The summed E-state index contributed by atoms with van der Waals surface area (Å²) in [4.78, 5) is 12.1. The molecule has 1 fully saturated rings. The molecule has 4 nitrogen and oxygen atoms in total. The van der Waals surface area contributed by atoms with E-state index in [-0.39, 0.29) is 18.5 Å². The molecule has 94 valence electrons. The van der Waals surface area contributed by atoms with Gasteiger partial charge in [-0.3, -0.25) is 4.79 Å². The van der Waals surface area contributed by atoms with Gasteiger partial charge in [0.15, 0.2) is 0 Å². The summed E-state index contributed by atoms with van der Waals surface area (Å²) in [5.74, 6) is 5.57. The topological polar surface area (TPSA) is 64.4 Å². The van der Waals surface area contributed by atoms with E-state index in [2.05, 4.69) is 17.2 Å². The minimum atomic E-state index is -0.104. The lowest BCUT2D eigenvalue weighted by Gasteiger charge is -2.11. The molecule has 1 aliphatic heterocycles. The smallest absolute Gasteiger partial charge is 0.252 e. The van der Waals surface area contributed by atoms with Gasteiger partial charge in [0.2, 0.25) is 0 Å². The van der Waals surface area contributed by atoms with Crippen LogP contribution in [0.1, 0.15) is 22.3 Å². The van der Waals surface area contributed by atoms with E-state index in [1.165, 1.54) is 0 Å². The van der Waals surface area contributed by atoms with Crippen molar-refractivity contribution in [2.45, 2.75) is 12.5 Å². The fourth-order valence-corrected chi connectivity index (χ4v) is 1.85. The van der Waals surface area contributed by atoms with Crippen molar-refractivity contribution in [3.8, 4) is 11.8 Å². The van der Waals surface area contributed by atoms with Gasteiger partial charge in [-0.05, 0) is 18.6 Å². The van der Waals surface area contributed by atoms with Gasteiger partial charge in [-0.25, -0.2) is 0 Å². The Balaban J connectivity index is 2.13. The Morgan fingerprint density at radius 3 is 3.06 bits per heavy atom. The summed E-state index contributed by atoms with van der Waals surface area (Å²) in [7, 11) is 0. The first-order chi connectivity index (χ1) is 8.81. The van der Waals surface area contributed by atoms with E-state index >= 15 is 0 Å². The van der Waals surface area contributed by atoms with Crippen molar-refractivity contribution in [2.75, 3.05) is 19.8 Å². The van der Waals surface area contributed by atoms with Crippen molar-refractivity contribution in [1.29, 1.82) is 0 Å². The number of carbonyl (C=O) groups is 1. The molecule has 0 saturated carbocycles. The molecule has 1 aromatic rings. The number of ether oxygens (including phenoxy) is 1. The van der Waals surface area contributed by atoms with Crippen LogP contribution in [-0.4, -0.2) is 31.7 Å². The van der Waals surface area contributed by atoms with Crippen LogP contribution in [0, 0.1) is 11.8 Å². The lowest BCUT2D eigenvalue weighted by atomic mass is 10.1. The molecular weight excluding hydrogens is 228 g/mol. The highest BCUT2D eigenvalue weighted by Crippen LogP contribution is 2.10. The summed E-state index contributed by atoms with van der Waals surface area (Å²) in [6.07, 6.45) is 0.863. The van der Waals surface area contributed by atoms with Gasteiger partial charge >= 0.3 is 0 Å². The van der Waals surface area contributed by atoms with Gasteiger partial charge < -0.3 is 15.8 Å². The molecule has 18 heavy (non-hydrogen) atoms. The van der Waals surface area contributed by atoms with Crippen molar-refractivity contribution in [2.24, 2.45) is 5.73 Å². The summed E-state index contributed by atoms with van der Waals surface area (Å²) in [6, 6.07) is 7.38. The second-order valence-corrected chi connectivity index (χ2v) is 4.09. The summed E-state index contributed by atoms with van der Waals surface area (Å²) in [6.45, 7) is 1.58. The van der Waals surface area contributed by atoms with Gasteiger partial charge in [0.1, 0.15) is 0 Å². The van der Waals surface area contributed by atoms with Crippen LogP contribution in [-0.2, 0) is 4.74 Å². The van der Waals surface area contributed by atoms with Crippen LogP contribution in [0.3, 0.4) is 0 Å². The molecule has 1 amide bonds.